The highest BCUT2D eigenvalue weighted by atomic mass is 32.1. The maximum Gasteiger partial charge on any atom is 0.340 e. The van der Waals surface area contributed by atoms with Crippen LogP contribution >= 0.6 is 11.3 Å². The molecule has 2 heterocycles. The number of anilines is 1. The lowest BCUT2D eigenvalue weighted by molar-refractivity contribution is 0.0469. The van der Waals surface area contributed by atoms with Gasteiger partial charge in [0.15, 0.2) is 0 Å². The predicted octanol–water partition coefficient (Wildman–Crippen LogP) is 4.28. The molecule has 0 bridgehead atoms. The normalized spacial score (nSPS) is 11.0. The summed E-state index contributed by atoms with van der Waals surface area (Å²) in [4.78, 5) is 42.7. The Bertz CT molecular complexity index is 1430. The summed E-state index contributed by atoms with van der Waals surface area (Å²) in [6.07, 6.45) is 0. The van der Waals surface area contributed by atoms with Gasteiger partial charge in [0.25, 0.3) is 11.5 Å². The van der Waals surface area contributed by atoms with E-state index in [4.69, 9.17) is 9.47 Å². The number of aromatic nitrogens is 3. The first-order valence-corrected chi connectivity index (χ1v) is 11.9. The molecule has 9 nitrogen and oxygen atoms in total. The standard InChI is InChI=1S/C25H24N4O5S/c1-4-33-18-11-9-16(10-12-18)22(31)27-20-8-6-5-7-19(20)24(32)34-14-17-13-21(30)29-25(26-17)35-23(28-29)15(2)3/h5-13,15H,4,14H2,1-3H3,(H,27,31). The van der Waals surface area contributed by atoms with Gasteiger partial charge in [-0.25, -0.2) is 9.78 Å². The Morgan fingerprint density at radius 2 is 1.86 bits per heavy atom. The van der Waals surface area contributed by atoms with Crippen LogP contribution < -0.4 is 15.6 Å². The van der Waals surface area contributed by atoms with Crippen LogP contribution in [-0.2, 0) is 11.3 Å². The molecule has 180 valence electrons. The monoisotopic (exact) mass is 492 g/mol. The number of ether oxygens (including phenoxy) is 2. The third kappa shape index (κ3) is 5.55. The quantitative estimate of drug-likeness (QED) is 0.365. The molecule has 4 aromatic rings. The van der Waals surface area contributed by atoms with Crippen LogP contribution in [0.4, 0.5) is 5.69 Å². The van der Waals surface area contributed by atoms with Gasteiger partial charge in [-0.2, -0.15) is 9.61 Å². The summed E-state index contributed by atoms with van der Waals surface area (Å²) in [6, 6.07) is 14.5. The Kier molecular flexibility index (Phi) is 7.21. The highest BCUT2D eigenvalue weighted by molar-refractivity contribution is 7.16. The summed E-state index contributed by atoms with van der Waals surface area (Å²) in [7, 11) is 0. The number of carbonyl (C=O) groups excluding carboxylic acids is 2. The maximum absolute atomic E-state index is 12.8. The van der Waals surface area contributed by atoms with Crippen LogP contribution in [0.5, 0.6) is 5.75 Å². The summed E-state index contributed by atoms with van der Waals surface area (Å²) >= 11 is 1.32. The molecule has 0 atom stereocenters. The average Bonchev–Trinajstić information content (AvgIpc) is 3.29. The molecule has 1 amide bonds. The van der Waals surface area contributed by atoms with Gasteiger partial charge in [-0.3, -0.25) is 9.59 Å². The third-order valence-corrected chi connectivity index (χ3v) is 6.19. The number of nitrogens with one attached hydrogen (secondary N) is 1. The number of hydrogen-bond donors (Lipinski definition) is 1. The molecule has 0 radical (unpaired) electrons. The molecule has 35 heavy (non-hydrogen) atoms. The van der Waals surface area contributed by atoms with Crippen molar-refractivity contribution >= 4 is 33.9 Å². The fourth-order valence-corrected chi connectivity index (χ4v) is 4.15. The van der Waals surface area contributed by atoms with Gasteiger partial charge >= 0.3 is 5.97 Å². The number of rotatable bonds is 8. The molecule has 2 aromatic carbocycles. The number of para-hydroxylation sites is 1. The predicted molar refractivity (Wildman–Crippen MR) is 132 cm³/mol. The molecule has 0 aliphatic heterocycles. The van der Waals surface area contributed by atoms with Crippen molar-refractivity contribution < 1.29 is 19.1 Å². The summed E-state index contributed by atoms with van der Waals surface area (Å²) in [5.74, 6) is -0.198. The molecule has 0 unspecified atom stereocenters. The summed E-state index contributed by atoms with van der Waals surface area (Å²) < 4.78 is 12.1. The fraction of sp³-hybridized carbons (Fsp3) is 0.240. The summed E-state index contributed by atoms with van der Waals surface area (Å²) in [5.41, 5.74) is 0.888. The van der Waals surface area contributed by atoms with E-state index in [9.17, 15) is 14.4 Å². The number of hydrogen-bond acceptors (Lipinski definition) is 8. The van der Waals surface area contributed by atoms with Crippen LogP contribution in [0.15, 0.2) is 59.4 Å². The van der Waals surface area contributed by atoms with Gasteiger partial charge in [0.05, 0.1) is 23.6 Å². The van der Waals surface area contributed by atoms with Gasteiger partial charge < -0.3 is 14.8 Å². The van der Waals surface area contributed by atoms with E-state index in [-0.39, 0.29) is 29.6 Å². The van der Waals surface area contributed by atoms with E-state index in [1.165, 1.54) is 21.9 Å². The Hall–Kier alpha value is -4.05. The minimum Gasteiger partial charge on any atom is -0.494 e. The number of esters is 1. The second kappa shape index (κ2) is 10.5. The van der Waals surface area contributed by atoms with Gasteiger partial charge in [-0.05, 0) is 43.3 Å². The highest BCUT2D eigenvalue weighted by Gasteiger charge is 2.17. The van der Waals surface area contributed by atoms with E-state index >= 15 is 0 Å². The number of nitrogens with zero attached hydrogens (tertiary/aromatic N) is 3. The third-order valence-electron chi connectivity index (χ3n) is 4.98. The zero-order chi connectivity index (χ0) is 24.9. The first kappa shape index (κ1) is 24.1. The fourth-order valence-electron chi connectivity index (χ4n) is 3.23. The van der Waals surface area contributed by atoms with Crippen molar-refractivity contribution in [3.63, 3.8) is 0 Å². The highest BCUT2D eigenvalue weighted by Crippen LogP contribution is 2.21. The number of amides is 1. The van der Waals surface area contributed by atoms with Crippen LogP contribution in [0.2, 0.25) is 0 Å². The Morgan fingerprint density at radius 3 is 2.57 bits per heavy atom. The number of carbonyl (C=O) groups is 2. The molecule has 0 spiro atoms. The van der Waals surface area contributed by atoms with Crippen LogP contribution in [-0.4, -0.2) is 33.1 Å². The van der Waals surface area contributed by atoms with Crippen molar-refractivity contribution in [3.8, 4) is 5.75 Å². The summed E-state index contributed by atoms with van der Waals surface area (Å²) in [6.45, 7) is 6.18. The molecule has 10 heteroatoms. The molecule has 1 N–H and O–H groups in total. The lowest BCUT2D eigenvalue weighted by Crippen LogP contribution is -2.18. The Balaban J connectivity index is 1.47. The first-order chi connectivity index (χ1) is 16.9. The van der Waals surface area contributed by atoms with Gasteiger partial charge in [0, 0.05) is 17.5 Å². The summed E-state index contributed by atoms with van der Waals surface area (Å²) in [5, 5.41) is 7.82. The van der Waals surface area contributed by atoms with E-state index in [2.05, 4.69) is 15.4 Å². The Labute approximate surface area is 205 Å². The van der Waals surface area contributed by atoms with Crippen molar-refractivity contribution in [2.24, 2.45) is 0 Å². The Morgan fingerprint density at radius 1 is 1.11 bits per heavy atom. The van der Waals surface area contributed by atoms with Crippen molar-refractivity contribution in [1.82, 2.24) is 14.6 Å². The zero-order valence-electron chi connectivity index (χ0n) is 19.5. The topological polar surface area (TPSA) is 112 Å². The molecule has 0 saturated heterocycles. The molecule has 0 aliphatic carbocycles. The largest absolute Gasteiger partial charge is 0.494 e. The SMILES string of the molecule is CCOc1ccc(C(=O)Nc2ccccc2C(=O)OCc2cc(=O)n3nc(C(C)C)sc3n2)cc1. The maximum atomic E-state index is 12.8. The molecule has 4 rings (SSSR count). The first-order valence-electron chi connectivity index (χ1n) is 11.1. The van der Waals surface area contributed by atoms with Gasteiger partial charge in [0.1, 0.15) is 17.4 Å². The lowest BCUT2D eigenvalue weighted by Gasteiger charge is -2.11. The minimum atomic E-state index is -0.651. The van der Waals surface area contributed by atoms with Crippen molar-refractivity contribution in [1.29, 1.82) is 0 Å². The van der Waals surface area contributed by atoms with E-state index in [1.807, 2.05) is 20.8 Å². The van der Waals surface area contributed by atoms with Crippen LogP contribution in [0.1, 0.15) is 58.1 Å². The molecule has 0 aliphatic rings. The van der Waals surface area contributed by atoms with E-state index in [0.29, 0.717) is 34.3 Å². The smallest absolute Gasteiger partial charge is 0.340 e. The lowest BCUT2D eigenvalue weighted by atomic mass is 10.1. The second-order valence-electron chi connectivity index (χ2n) is 7.91. The molecule has 0 saturated carbocycles. The zero-order valence-corrected chi connectivity index (χ0v) is 20.3. The molecular formula is C25H24N4O5S. The average molecular weight is 493 g/mol. The molecular weight excluding hydrogens is 468 g/mol. The minimum absolute atomic E-state index is 0.164. The number of benzene rings is 2. The molecule has 0 fully saturated rings. The van der Waals surface area contributed by atoms with Crippen molar-refractivity contribution in [3.05, 3.63) is 86.8 Å². The van der Waals surface area contributed by atoms with E-state index in [1.54, 1.807) is 48.5 Å². The van der Waals surface area contributed by atoms with Gasteiger partial charge in [-0.1, -0.05) is 37.3 Å². The van der Waals surface area contributed by atoms with Gasteiger partial charge in [0.2, 0.25) is 4.96 Å². The van der Waals surface area contributed by atoms with E-state index < -0.39 is 5.97 Å². The van der Waals surface area contributed by atoms with Crippen LogP contribution in [0.3, 0.4) is 0 Å². The number of fused-ring (bicyclic) bond motifs is 1. The molecule has 2 aromatic heterocycles. The van der Waals surface area contributed by atoms with Crippen LogP contribution in [0, 0.1) is 0 Å². The van der Waals surface area contributed by atoms with E-state index in [0.717, 1.165) is 5.01 Å². The second-order valence-corrected chi connectivity index (χ2v) is 8.90. The van der Waals surface area contributed by atoms with Crippen molar-refractivity contribution in [2.75, 3.05) is 11.9 Å². The van der Waals surface area contributed by atoms with Crippen LogP contribution in [0.25, 0.3) is 4.96 Å². The van der Waals surface area contributed by atoms with Crippen molar-refractivity contribution in [2.45, 2.75) is 33.3 Å². The van der Waals surface area contributed by atoms with Gasteiger partial charge in [-0.15, -0.1) is 0 Å².